The molecule has 0 amide bonds. The van der Waals surface area contributed by atoms with E-state index in [0.29, 0.717) is 18.1 Å². The van der Waals surface area contributed by atoms with E-state index < -0.39 is 10.0 Å². The first kappa shape index (κ1) is 14.5. The van der Waals surface area contributed by atoms with Crippen molar-refractivity contribution < 1.29 is 13.2 Å². The van der Waals surface area contributed by atoms with Gasteiger partial charge in [0.1, 0.15) is 5.82 Å². The van der Waals surface area contributed by atoms with Crippen LogP contribution in [0.2, 0.25) is 0 Å². The van der Waals surface area contributed by atoms with E-state index in [4.69, 9.17) is 4.74 Å². The highest BCUT2D eigenvalue weighted by atomic mass is 32.2. The average molecular weight is 296 g/mol. The number of sulfonamides is 1. The summed E-state index contributed by atoms with van der Waals surface area (Å²) in [6.45, 7) is 2.05. The Balaban J connectivity index is 2.04. The predicted octanol–water partition coefficient (Wildman–Crippen LogP) is 0.854. The number of pyridine rings is 1. The monoisotopic (exact) mass is 296 g/mol. The molecule has 2 heterocycles. The van der Waals surface area contributed by atoms with Crippen LogP contribution in [-0.2, 0) is 23.0 Å². The summed E-state index contributed by atoms with van der Waals surface area (Å²) in [5.41, 5.74) is 0.740. The molecule has 108 valence electrons. The van der Waals surface area contributed by atoms with Gasteiger partial charge in [-0.2, -0.15) is 0 Å². The zero-order valence-corrected chi connectivity index (χ0v) is 12.1. The van der Waals surface area contributed by atoms with Crippen LogP contribution in [0.3, 0.4) is 0 Å². The number of nitrogens with one attached hydrogen (secondary N) is 2. The minimum atomic E-state index is -3.59. The fraction of sp³-hybridized carbons (Fsp3) is 0.333. The van der Waals surface area contributed by atoms with E-state index in [9.17, 15) is 8.42 Å². The van der Waals surface area contributed by atoms with Gasteiger partial charge in [0.25, 0.3) is 10.0 Å². The Morgan fingerprint density at radius 3 is 2.65 bits per heavy atom. The van der Waals surface area contributed by atoms with Gasteiger partial charge in [-0.25, -0.2) is 23.1 Å². The first-order valence-corrected chi connectivity index (χ1v) is 7.56. The zero-order chi connectivity index (χ0) is 14.6. The number of rotatable bonds is 6. The topological polar surface area (TPSA) is 97.0 Å². The van der Waals surface area contributed by atoms with E-state index in [1.54, 1.807) is 18.3 Å². The fourth-order valence-corrected chi connectivity index (χ4v) is 2.51. The molecule has 20 heavy (non-hydrogen) atoms. The number of ether oxygens (including phenoxy) is 1. The molecule has 0 unspecified atom stereocenters. The highest BCUT2D eigenvalue weighted by Gasteiger charge is 2.16. The van der Waals surface area contributed by atoms with E-state index in [2.05, 4.69) is 19.7 Å². The molecule has 0 radical (unpaired) electrons. The van der Waals surface area contributed by atoms with Gasteiger partial charge in [0.05, 0.1) is 13.3 Å². The van der Waals surface area contributed by atoms with Crippen LogP contribution >= 0.6 is 0 Å². The van der Waals surface area contributed by atoms with Gasteiger partial charge in [-0.1, -0.05) is 13.0 Å². The molecular weight excluding hydrogens is 280 g/mol. The van der Waals surface area contributed by atoms with E-state index in [-0.39, 0.29) is 11.6 Å². The third-order valence-corrected chi connectivity index (χ3v) is 4.01. The van der Waals surface area contributed by atoms with Crippen molar-refractivity contribution in [2.75, 3.05) is 7.11 Å². The Labute approximate surface area is 117 Å². The Bertz CT molecular complexity index is 664. The van der Waals surface area contributed by atoms with Crippen molar-refractivity contribution in [1.29, 1.82) is 0 Å². The minimum Gasteiger partial charge on any atom is -0.481 e. The van der Waals surface area contributed by atoms with Gasteiger partial charge in [0, 0.05) is 25.2 Å². The highest BCUT2D eigenvalue weighted by molar-refractivity contribution is 7.89. The van der Waals surface area contributed by atoms with Crippen molar-refractivity contribution in [2.45, 2.75) is 24.9 Å². The first-order valence-electron chi connectivity index (χ1n) is 6.07. The van der Waals surface area contributed by atoms with Gasteiger partial charge in [-0.15, -0.1) is 0 Å². The Morgan fingerprint density at radius 1 is 1.30 bits per heavy atom. The Kier molecular flexibility index (Phi) is 4.35. The zero-order valence-electron chi connectivity index (χ0n) is 11.3. The first-order chi connectivity index (χ1) is 9.55. The van der Waals surface area contributed by atoms with Crippen molar-refractivity contribution in [3.05, 3.63) is 35.9 Å². The maximum atomic E-state index is 12.0. The van der Waals surface area contributed by atoms with Crippen LogP contribution in [0.1, 0.15) is 18.3 Å². The van der Waals surface area contributed by atoms with Crippen LogP contribution in [0.25, 0.3) is 0 Å². The van der Waals surface area contributed by atoms with Crippen LogP contribution in [0.4, 0.5) is 0 Å². The lowest BCUT2D eigenvalue weighted by Crippen LogP contribution is -2.23. The van der Waals surface area contributed by atoms with Crippen LogP contribution in [0.5, 0.6) is 5.88 Å². The van der Waals surface area contributed by atoms with Crippen molar-refractivity contribution >= 4 is 10.0 Å². The summed E-state index contributed by atoms with van der Waals surface area (Å²) in [6, 6.07) is 3.42. The molecule has 2 rings (SSSR count). The number of aryl methyl sites for hydroxylation is 1. The van der Waals surface area contributed by atoms with Crippen LogP contribution in [0.15, 0.2) is 29.6 Å². The molecule has 0 aliphatic carbocycles. The number of hydrogen-bond donors (Lipinski definition) is 2. The molecule has 0 aliphatic rings. The second-order valence-corrected chi connectivity index (χ2v) is 5.82. The molecule has 2 aromatic heterocycles. The maximum Gasteiger partial charge on any atom is 0.257 e. The molecule has 0 atom stereocenters. The number of aromatic amines is 1. The van der Waals surface area contributed by atoms with Crippen LogP contribution in [-0.4, -0.2) is 30.5 Å². The number of nitrogens with zero attached hydrogens (tertiary/aromatic N) is 2. The fourth-order valence-electron chi connectivity index (χ4n) is 1.55. The van der Waals surface area contributed by atoms with Gasteiger partial charge in [0.15, 0.2) is 5.03 Å². The molecule has 0 spiro atoms. The molecule has 0 aliphatic heterocycles. The van der Waals surface area contributed by atoms with Gasteiger partial charge in [-0.3, -0.25) is 0 Å². The normalized spacial score (nSPS) is 11.5. The molecule has 0 bridgehead atoms. The number of hydrogen-bond acceptors (Lipinski definition) is 5. The summed E-state index contributed by atoms with van der Waals surface area (Å²) in [5, 5.41) is 0.0656. The average Bonchev–Trinajstić information content (AvgIpc) is 2.95. The second-order valence-electron chi connectivity index (χ2n) is 4.08. The Hall–Kier alpha value is -1.93. The summed E-state index contributed by atoms with van der Waals surface area (Å²) in [7, 11) is -2.07. The molecule has 2 aromatic rings. The molecule has 0 saturated carbocycles. The summed E-state index contributed by atoms with van der Waals surface area (Å²) in [4.78, 5) is 10.7. The standard InChI is InChI=1S/C12H16N4O3S/c1-3-10-13-8-12(16-10)20(17,18)15-7-9-4-5-11(19-2)14-6-9/h4-6,8,15H,3,7H2,1-2H3,(H,13,16). The molecule has 0 fully saturated rings. The number of aromatic nitrogens is 3. The van der Waals surface area contributed by atoms with E-state index in [1.165, 1.54) is 13.3 Å². The van der Waals surface area contributed by atoms with Gasteiger partial charge < -0.3 is 9.72 Å². The molecule has 0 saturated heterocycles. The summed E-state index contributed by atoms with van der Waals surface area (Å²) >= 11 is 0. The minimum absolute atomic E-state index is 0.0656. The highest BCUT2D eigenvalue weighted by Crippen LogP contribution is 2.09. The van der Waals surface area contributed by atoms with Gasteiger partial charge in [-0.05, 0) is 5.56 Å². The van der Waals surface area contributed by atoms with E-state index in [0.717, 1.165) is 5.56 Å². The number of imidazole rings is 1. The summed E-state index contributed by atoms with van der Waals surface area (Å²) in [5.74, 6) is 1.12. The molecular formula is C12H16N4O3S. The smallest absolute Gasteiger partial charge is 0.257 e. The van der Waals surface area contributed by atoms with Gasteiger partial charge >= 0.3 is 0 Å². The molecule has 7 nitrogen and oxygen atoms in total. The van der Waals surface area contributed by atoms with E-state index in [1.807, 2.05) is 6.92 Å². The van der Waals surface area contributed by atoms with Crippen molar-refractivity contribution in [2.24, 2.45) is 0 Å². The lowest BCUT2D eigenvalue weighted by atomic mass is 10.3. The maximum absolute atomic E-state index is 12.0. The third kappa shape index (κ3) is 3.34. The summed E-state index contributed by atoms with van der Waals surface area (Å²) < 4.78 is 31.5. The van der Waals surface area contributed by atoms with E-state index >= 15 is 0 Å². The summed E-state index contributed by atoms with van der Waals surface area (Å²) in [6.07, 6.45) is 3.52. The quantitative estimate of drug-likeness (QED) is 0.824. The largest absolute Gasteiger partial charge is 0.481 e. The van der Waals surface area contributed by atoms with Crippen molar-refractivity contribution in [1.82, 2.24) is 19.7 Å². The number of H-pyrrole nitrogens is 1. The van der Waals surface area contributed by atoms with Crippen molar-refractivity contribution in [3.63, 3.8) is 0 Å². The number of methoxy groups -OCH3 is 1. The second kappa shape index (κ2) is 6.02. The molecule has 8 heteroatoms. The Morgan fingerprint density at radius 2 is 2.10 bits per heavy atom. The third-order valence-electron chi connectivity index (χ3n) is 2.70. The SMILES string of the molecule is CCc1ncc(S(=O)(=O)NCc2ccc(OC)nc2)[nH]1. The predicted molar refractivity (Wildman–Crippen MR) is 72.8 cm³/mol. The molecule has 2 N–H and O–H groups in total. The molecule has 0 aromatic carbocycles. The van der Waals surface area contributed by atoms with Gasteiger partial charge in [0.2, 0.25) is 5.88 Å². The lowest BCUT2D eigenvalue weighted by Gasteiger charge is -2.05. The van der Waals surface area contributed by atoms with Crippen LogP contribution < -0.4 is 9.46 Å². The lowest BCUT2D eigenvalue weighted by molar-refractivity contribution is 0.397. The van der Waals surface area contributed by atoms with Crippen LogP contribution in [0, 0.1) is 0 Å². The van der Waals surface area contributed by atoms with Crippen molar-refractivity contribution in [3.8, 4) is 5.88 Å².